The van der Waals surface area contributed by atoms with Crippen LogP contribution in [0.15, 0.2) is 23.5 Å². The SMILES string of the molecule is CCCCNS(=O)(=O)c1nc2ncccc2[nH]1. The summed E-state index contributed by atoms with van der Waals surface area (Å²) in [5.74, 6) is 0. The summed E-state index contributed by atoms with van der Waals surface area (Å²) in [6.45, 7) is 2.42. The molecule has 2 heterocycles. The van der Waals surface area contributed by atoms with Crippen molar-refractivity contribution in [2.75, 3.05) is 6.54 Å². The molecule has 6 nitrogen and oxygen atoms in total. The molecule has 2 rings (SSSR count). The van der Waals surface area contributed by atoms with Gasteiger partial charge >= 0.3 is 0 Å². The van der Waals surface area contributed by atoms with Crippen molar-refractivity contribution in [1.82, 2.24) is 19.7 Å². The third kappa shape index (κ3) is 2.62. The molecule has 17 heavy (non-hydrogen) atoms. The Balaban J connectivity index is 2.26. The van der Waals surface area contributed by atoms with Crippen molar-refractivity contribution in [3.63, 3.8) is 0 Å². The lowest BCUT2D eigenvalue weighted by molar-refractivity contribution is 0.571. The van der Waals surface area contributed by atoms with E-state index in [1.807, 2.05) is 6.92 Å². The zero-order chi connectivity index (χ0) is 12.3. The Bertz CT molecular complexity index is 573. The van der Waals surface area contributed by atoms with E-state index in [-0.39, 0.29) is 5.16 Å². The molecular weight excluding hydrogens is 240 g/mol. The van der Waals surface area contributed by atoms with E-state index in [1.165, 1.54) is 0 Å². The molecule has 0 atom stereocenters. The van der Waals surface area contributed by atoms with E-state index in [0.29, 0.717) is 17.7 Å². The molecule has 2 aromatic heterocycles. The van der Waals surface area contributed by atoms with Crippen molar-refractivity contribution >= 4 is 21.2 Å². The molecule has 0 aromatic carbocycles. The van der Waals surface area contributed by atoms with Crippen LogP contribution in [0.3, 0.4) is 0 Å². The van der Waals surface area contributed by atoms with Crippen molar-refractivity contribution < 1.29 is 8.42 Å². The Kier molecular flexibility index (Phi) is 3.39. The zero-order valence-electron chi connectivity index (χ0n) is 9.47. The highest BCUT2D eigenvalue weighted by Gasteiger charge is 2.18. The fourth-order valence-corrected chi connectivity index (χ4v) is 2.40. The molecule has 0 bridgehead atoms. The Morgan fingerprint density at radius 2 is 2.29 bits per heavy atom. The van der Waals surface area contributed by atoms with Crippen LogP contribution in [0, 0.1) is 0 Å². The molecule has 0 aliphatic heterocycles. The van der Waals surface area contributed by atoms with Crippen molar-refractivity contribution in [2.45, 2.75) is 24.9 Å². The number of nitrogens with zero attached hydrogens (tertiary/aromatic N) is 2. The molecule has 0 fully saturated rings. The standard InChI is InChI=1S/C10H14N4O2S/c1-2-3-7-12-17(15,16)10-13-8-5-4-6-11-9(8)14-10/h4-6,12H,2-3,7H2,1H3,(H,11,13,14). The van der Waals surface area contributed by atoms with Gasteiger partial charge in [0.1, 0.15) is 0 Å². The molecule has 0 amide bonds. The van der Waals surface area contributed by atoms with Crippen molar-refractivity contribution in [3.05, 3.63) is 18.3 Å². The van der Waals surface area contributed by atoms with E-state index in [4.69, 9.17) is 0 Å². The summed E-state index contributed by atoms with van der Waals surface area (Å²) >= 11 is 0. The number of pyridine rings is 1. The maximum atomic E-state index is 11.8. The van der Waals surface area contributed by atoms with Crippen LogP contribution in [-0.4, -0.2) is 29.9 Å². The summed E-state index contributed by atoms with van der Waals surface area (Å²) in [5.41, 5.74) is 1.02. The van der Waals surface area contributed by atoms with E-state index in [0.717, 1.165) is 12.8 Å². The highest BCUT2D eigenvalue weighted by atomic mass is 32.2. The summed E-state index contributed by atoms with van der Waals surface area (Å²) in [7, 11) is -3.55. The number of sulfonamides is 1. The molecule has 0 spiro atoms. The van der Waals surface area contributed by atoms with Crippen LogP contribution < -0.4 is 4.72 Å². The molecule has 2 N–H and O–H groups in total. The minimum absolute atomic E-state index is 0.0812. The second-order valence-electron chi connectivity index (χ2n) is 3.67. The largest absolute Gasteiger partial charge is 0.326 e. The van der Waals surface area contributed by atoms with E-state index in [2.05, 4.69) is 19.7 Å². The number of hydrogen-bond donors (Lipinski definition) is 2. The normalized spacial score (nSPS) is 12.1. The van der Waals surface area contributed by atoms with Gasteiger partial charge in [-0.25, -0.2) is 18.1 Å². The van der Waals surface area contributed by atoms with Crippen molar-refractivity contribution in [2.24, 2.45) is 0 Å². The fourth-order valence-electron chi connectivity index (χ4n) is 1.40. The highest BCUT2D eigenvalue weighted by molar-refractivity contribution is 7.89. The summed E-state index contributed by atoms with van der Waals surface area (Å²) in [6.07, 6.45) is 3.31. The van der Waals surface area contributed by atoms with Crippen LogP contribution in [0.25, 0.3) is 11.2 Å². The Morgan fingerprint density at radius 1 is 1.47 bits per heavy atom. The third-order valence-electron chi connectivity index (χ3n) is 2.31. The first-order valence-electron chi connectivity index (χ1n) is 5.44. The predicted molar refractivity (Wildman–Crippen MR) is 64.0 cm³/mol. The van der Waals surface area contributed by atoms with Gasteiger partial charge in [-0.3, -0.25) is 0 Å². The number of aromatic amines is 1. The quantitative estimate of drug-likeness (QED) is 0.780. The van der Waals surface area contributed by atoms with E-state index >= 15 is 0 Å². The van der Waals surface area contributed by atoms with Crippen LogP contribution in [0.5, 0.6) is 0 Å². The minimum Gasteiger partial charge on any atom is -0.326 e. The lowest BCUT2D eigenvalue weighted by Gasteiger charge is -2.01. The first-order chi connectivity index (χ1) is 8.13. The zero-order valence-corrected chi connectivity index (χ0v) is 10.3. The number of hydrogen-bond acceptors (Lipinski definition) is 4. The van der Waals surface area contributed by atoms with E-state index in [1.54, 1.807) is 18.3 Å². The van der Waals surface area contributed by atoms with Gasteiger partial charge < -0.3 is 4.98 Å². The summed E-state index contributed by atoms with van der Waals surface area (Å²) < 4.78 is 26.2. The van der Waals surface area contributed by atoms with Gasteiger partial charge in [0, 0.05) is 12.7 Å². The average Bonchev–Trinajstić information content (AvgIpc) is 2.73. The maximum Gasteiger partial charge on any atom is 0.274 e. The number of unbranched alkanes of at least 4 members (excludes halogenated alkanes) is 1. The molecular formula is C10H14N4O2S. The summed E-state index contributed by atoms with van der Waals surface area (Å²) in [4.78, 5) is 10.7. The molecule has 0 unspecified atom stereocenters. The van der Waals surface area contributed by atoms with Crippen molar-refractivity contribution in [1.29, 1.82) is 0 Å². The number of imidazole rings is 1. The topological polar surface area (TPSA) is 87.7 Å². The second kappa shape index (κ2) is 4.80. The minimum atomic E-state index is -3.55. The van der Waals surface area contributed by atoms with Gasteiger partial charge in [0.05, 0.1) is 5.52 Å². The van der Waals surface area contributed by atoms with E-state index in [9.17, 15) is 8.42 Å². The average molecular weight is 254 g/mol. The monoisotopic (exact) mass is 254 g/mol. The van der Waals surface area contributed by atoms with Gasteiger partial charge in [-0.15, -0.1) is 0 Å². The Morgan fingerprint density at radius 3 is 3.00 bits per heavy atom. The van der Waals surface area contributed by atoms with E-state index < -0.39 is 10.0 Å². The number of rotatable bonds is 5. The van der Waals surface area contributed by atoms with Crippen LogP contribution >= 0.6 is 0 Å². The van der Waals surface area contributed by atoms with Gasteiger partial charge in [-0.1, -0.05) is 13.3 Å². The first kappa shape index (κ1) is 12.0. The number of fused-ring (bicyclic) bond motifs is 1. The molecule has 0 aliphatic carbocycles. The molecule has 0 saturated heterocycles. The molecule has 7 heteroatoms. The van der Waals surface area contributed by atoms with Gasteiger partial charge in [-0.2, -0.15) is 4.98 Å². The lowest BCUT2D eigenvalue weighted by Crippen LogP contribution is -2.25. The molecule has 92 valence electrons. The Hall–Kier alpha value is -1.47. The Labute approximate surface area is 99.5 Å². The van der Waals surface area contributed by atoms with Crippen LogP contribution in [0.1, 0.15) is 19.8 Å². The second-order valence-corrected chi connectivity index (χ2v) is 5.35. The van der Waals surface area contributed by atoms with Gasteiger partial charge in [0.25, 0.3) is 10.0 Å². The molecule has 0 radical (unpaired) electrons. The number of aromatic nitrogens is 3. The van der Waals surface area contributed by atoms with Gasteiger partial charge in [0.2, 0.25) is 5.16 Å². The maximum absolute atomic E-state index is 11.8. The molecule has 0 aliphatic rings. The molecule has 0 saturated carbocycles. The lowest BCUT2D eigenvalue weighted by atomic mass is 10.3. The van der Waals surface area contributed by atoms with Crippen LogP contribution in [0.2, 0.25) is 0 Å². The smallest absolute Gasteiger partial charge is 0.274 e. The fraction of sp³-hybridized carbons (Fsp3) is 0.400. The van der Waals surface area contributed by atoms with Gasteiger partial charge in [0.15, 0.2) is 5.65 Å². The van der Waals surface area contributed by atoms with Crippen LogP contribution in [-0.2, 0) is 10.0 Å². The summed E-state index contributed by atoms with van der Waals surface area (Å²) in [5, 5.41) is -0.0812. The highest BCUT2D eigenvalue weighted by Crippen LogP contribution is 2.11. The summed E-state index contributed by atoms with van der Waals surface area (Å²) in [6, 6.07) is 3.46. The van der Waals surface area contributed by atoms with Crippen LogP contribution in [0.4, 0.5) is 0 Å². The predicted octanol–water partition coefficient (Wildman–Crippen LogP) is 1.04. The van der Waals surface area contributed by atoms with Crippen molar-refractivity contribution in [3.8, 4) is 0 Å². The third-order valence-corrected chi connectivity index (χ3v) is 3.60. The first-order valence-corrected chi connectivity index (χ1v) is 6.92. The van der Waals surface area contributed by atoms with Gasteiger partial charge in [-0.05, 0) is 18.6 Å². The molecule has 2 aromatic rings. The number of H-pyrrole nitrogens is 1. The number of nitrogens with one attached hydrogen (secondary N) is 2.